The number of H-pyrrole nitrogens is 1. The van der Waals surface area contributed by atoms with Gasteiger partial charge >= 0.3 is 11.1 Å². The topological polar surface area (TPSA) is 67.8 Å². The molecule has 1 heterocycles. The molecule has 54 valence electrons. The van der Waals surface area contributed by atoms with Crippen LogP contribution in [0.15, 0.2) is 14.7 Å². The number of thiol groups is 1. The highest BCUT2D eigenvalue weighted by Crippen LogP contribution is 1.88. The summed E-state index contributed by atoms with van der Waals surface area (Å²) in [6.45, 7) is 0. The van der Waals surface area contributed by atoms with E-state index in [1.165, 1.54) is 11.7 Å². The van der Waals surface area contributed by atoms with Crippen LogP contribution >= 0.6 is 12.6 Å². The van der Waals surface area contributed by atoms with Crippen LogP contribution < -0.4 is 11.1 Å². The van der Waals surface area contributed by atoms with Gasteiger partial charge in [-0.15, -0.1) is 12.6 Å². The van der Waals surface area contributed by atoms with Crippen molar-refractivity contribution in [3.05, 3.63) is 20.7 Å². The van der Waals surface area contributed by atoms with Crippen LogP contribution in [0.3, 0.4) is 0 Å². The summed E-state index contributed by atoms with van der Waals surface area (Å²) in [5, 5.41) is 2.40. The van der Waals surface area contributed by atoms with Crippen molar-refractivity contribution in [2.75, 3.05) is 0 Å². The highest BCUT2D eigenvalue weighted by Gasteiger charge is 1.96. The number of aryl methyl sites for hydroxylation is 1. The molecule has 0 saturated carbocycles. The number of rotatable bonds is 0. The molecule has 0 saturated heterocycles. The van der Waals surface area contributed by atoms with Crippen LogP contribution in [0.25, 0.3) is 0 Å². The second-order valence-corrected chi connectivity index (χ2v) is 2.12. The summed E-state index contributed by atoms with van der Waals surface area (Å²) >= 11 is 3.80. The van der Waals surface area contributed by atoms with Crippen molar-refractivity contribution in [1.82, 2.24) is 14.8 Å². The molecule has 0 unspecified atom stereocenters. The molecule has 1 rings (SSSR count). The van der Waals surface area contributed by atoms with E-state index in [-0.39, 0.29) is 5.16 Å². The number of nitrogens with one attached hydrogen (secondary N) is 1. The van der Waals surface area contributed by atoms with Crippen molar-refractivity contribution in [1.29, 1.82) is 0 Å². The summed E-state index contributed by atoms with van der Waals surface area (Å²) in [4.78, 5) is 24.3. The van der Waals surface area contributed by atoms with Gasteiger partial charge in [0.05, 0.1) is 0 Å². The Bertz CT molecular complexity index is 317. The van der Waals surface area contributed by atoms with Gasteiger partial charge in [0.25, 0.3) is 0 Å². The lowest BCUT2D eigenvalue weighted by Gasteiger charge is -1.96. The molecule has 0 aliphatic rings. The summed E-state index contributed by atoms with van der Waals surface area (Å²) in [7, 11) is 1.54. The first-order chi connectivity index (χ1) is 4.61. The van der Waals surface area contributed by atoms with Crippen molar-refractivity contribution in [3.63, 3.8) is 0 Å². The predicted octanol–water partition coefficient (Wildman–Crippen LogP) is -1.24. The third-order valence-electron chi connectivity index (χ3n) is 0.965. The van der Waals surface area contributed by atoms with Gasteiger partial charge in [0, 0.05) is 7.05 Å². The Morgan fingerprint density at radius 3 is 2.70 bits per heavy atom. The van der Waals surface area contributed by atoms with Gasteiger partial charge in [0.1, 0.15) is 0 Å². The molecule has 5 nitrogen and oxygen atoms in total. The molecular formula is C4H5N3O2S. The highest BCUT2D eigenvalue weighted by atomic mass is 32.1. The van der Waals surface area contributed by atoms with E-state index < -0.39 is 11.1 Å². The molecular weight excluding hydrogens is 154 g/mol. The normalized spacial score (nSPS) is 9.80. The van der Waals surface area contributed by atoms with Crippen LogP contribution in [0.4, 0.5) is 0 Å². The lowest BCUT2D eigenvalue weighted by molar-refractivity contribution is 0.598. The van der Waals surface area contributed by atoms with E-state index in [2.05, 4.69) is 22.7 Å². The van der Waals surface area contributed by atoms with Gasteiger partial charge in [0.15, 0.2) is 5.16 Å². The molecule has 1 N–H and O–H groups in total. The maximum Gasteiger partial charge on any atom is 0.339 e. The Kier molecular flexibility index (Phi) is 1.62. The Morgan fingerprint density at radius 2 is 2.20 bits per heavy atom. The van der Waals surface area contributed by atoms with Crippen LogP contribution in [0.1, 0.15) is 0 Å². The zero-order valence-electron chi connectivity index (χ0n) is 5.16. The smallest absolute Gasteiger partial charge is 0.266 e. The van der Waals surface area contributed by atoms with Gasteiger partial charge in [0.2, 0.25) is 0 Å². The number of hydrogen-bond acceptors (Lipinski definition) is 4. The van der Waals surface area contributed by atoms with Crippen LogP contribution in [-0.4, -0.2) is 14.8 Å². The SMILES string of the molecule is Cn1[nH]c(=O)c(=O)nc1S. The van der Waals surface area contributed by atoms with E-state index in [4.69, 9.17) is 0 Å². The van der Waals surface area contributed by atoms with E-state index in [0.29, 0.717) is 0 Å². The first-order valence-corrected chi connectivity index (χ1v) is 2.92. The number of aromatic nitrogens is 3. The zero-order valence-corrected chi connectivity index (χ0v) is 6.05. The fraction of sp³-hybridized carbons (Fsp3) is 0.250. The summed E-state index contributed by atoms with van der Waals surface area (Å²) in [6.07, 6.45) is 0. The van der Waals surface area contributed by atoms with Gasteiger partial charge in [-0.25, -0.2) is 0 Å². The summed E-state index contributed by atoms with van der Waals surface area (Å²) in [6, 6.07) is 0. The second kappa shape index (κ2) is 2.30. The summed E-state index contributed by atoms with van der Waals surface area (Å²) in [5.41, 5.74) is -1.55. The number of hydrogen-bond donors (Lipinski definition) is 2. The van der Waals surface area contributed by atoms with Crippen LogP contribution in [0.5, 0.6) is 0 Å². The lowest BCUT2D eigenvalue weighted by Crippen LogP contribution is -2.33. The van der Waals surface area contributed by atoms with Crippen LogP contribution in [0.2, 0.25) is 0 Å². The third-order valence-corrected chi connectivity index (χ3v) is 1.37. The fourth-order valence-electron chi connectivity index (χ4n) is 0.467. The van der Waals surface area contributed by atoms with Gasteiger partial charge in [-0.05, 0) is 0 Å². The average molecular weight is 159 g/mol. The molecule has 1 aromatic heterocycles. The molecule has 0 fully saturated rings. The minimum absolute atomic E-state index is 0.185. The molecule has 0 aliphatic carbocycles. The molecule has 0 aromatic carbocycles. The van der Waals surface area contributed by atoms with E-state index in [9.17, 15) is 9.59 Å². The van der Waals surface area contributed by atoms with Crippen molar-refractivity contribution < 1.29 is 0 Å². The Hall–Kier alpha value is -1.04. The fourth-order valence-corrected chi connectivity index (χ4v) is 0.608. The highest BCUT2D eigenvalue weighted by molar-refractivity contribution is 7.80. The monoisotopic (exact) mass is 159 g/mol. The molecule has 0 amide bonds. The van der Waals surface area contributed by atoms with Gasteiger partial charge in [-0.1, -0.05) is 0 Å². The first-order valence-electron chi connectivity index (χ1n) is 2.47. The molecule has 1 aromatic rings. The van der Waals surface area contributed by atoms with E-state index >= 15 is 0 Å². The number of aromatic amines is 1. The zero-order chi connectivity index (χ0) is 7.72. The second-order valence-electron chi connectivity index (χ2n) is 1.72. The minimum atomic E-state index is -0.817. The quantitative estimate of drug-likeness (QED) is 0.367. The molecule has 6 heteroatoms. The molecule has 0 atom stereocenters. The van der Waals surface area contributed by atoms with E-state index in [1.807, 2.05) is 0 Å². The third kappa shape index (κ3) is 1.10. The Labute approximate surface area is 61.1 Å². The van der Waals surface area contributed by atoms with E-state index in [1.54, 1.807) is 0 Å². The summed E-state index contributed by atoms with van der Waals surface area (Å²) < 4.78 is 1.26. The van der Waals surface area contributed by atoms with Crippen LogP contribution in [-0.2, 0) is 7.05 Å². The standard InChI is InChI=1S/C4H5N3O2S/c1-7-4(10)5-2(8)3(9)6-7/h1H3,(H,6,9)(H,5,8,10). The minimum Gasteiger partial charge on any atom is -0.266 e. The maximum absolute atomic E-state index is 10.5. The Morgan fingerprint density at radius 1 is 1.60 bits per heavy atom. The lowest BCUT2D eigenvalue weighted by atomic mass is 10.8. The van der Waals surface area contributed by atoms with Gasteiger partial charge in [-0.3, -0.25) is 19.4 Å². The maximum atomic E-state index is 10.5. The van der Waals surface area contributed by atoms with Crippen molar-refractivity contribution in [2.24, 2.45) is 7.05 Å². The van der Waals surface area contributed by atoms with Gasteiger partial charge < -0.3 is 0 Å². The predicted molar refractivity (Wildman–Crippen MR) is 37.4 cm³/mol. The number of nitrogens with zero attached hydrogens (tertiary/aromatic N) is 2. The van der Waals surface area contributed by atoms with E-state index in [0.717, 1.165) is 0 Å². The largest absolute Gasteiger partial charge is 0.339 e. The van der Waals surface area contributed by atoms with Gasteiger partial charge in [-0.2, -0.15) is 4.98 Å². The molecule has 10 heavy (non-hydrogen) atoms. The van der Waals surface area contributed by atoms with Crippen molar-refractivity contribution in [2.45, 2.75) is 5.16 Å². The molecule has 0 radical (unpaired) electrons. The molecule has 0 spiro atoms. The first kappa shape index (κ1) is 7.07. The van der Waals surface area contributed by atoms with Crippen molar-refractivity contribution >= 4 is 12.6 Å². The van der Waals surface area contributed by atoms with Crippen LogP contribution in [0, 0.1) is 0 Å². The molecule has 0 bridgehead atoms. The molecule has 0 aliphatic heterocycles. The van der Waals surface area contributed by atoms with Crippen molar-refractivity contribution in [3.8, 4) is 0 Å². The Balaban J connectivity index is 3.59. The average Bonchev–Trinajstić information content (AvgIpc) is 1.84. The summed E-state index contributed by atoms with van der Waals surface area (Å²) in [5.74, 6) is 0.